The third-order valence-electron chi connectivity index (χ3n) is 2.50. The maximum absolute atomic E-state index is 13.3. The lowest BCUT2D eigenvalue weighted by Crippen LogP contribution is -2.01. The number of rotatable bonds is 3. The fraction of sp³-hybridized carbons (Fsp3) is 0.0769. The van der Waals surface area contributed by atoms with Crippen LogP contribution in [0.2, 0.25) is 0 Å². The highest BCUT2D eigenvalue weighted by Gasteiger charge is 2.15. The highest BCUT2D eigenvalue weighted by molar-refractivity contribution is 5.96. The van der Waals surface area contributed by atoms with Crippen molar-refractivity contribution < 1.29 is 19.0 Å². The molecule has 0 saturated carbocycles. The molecule has 1 aromatic carbocycles. The van der Waals surface area contributed by atoms with Gasteiger partial charge >= 0.3 is 5.97 Å². The first kappa shape index (κ1) is 12.0. The van der Waals surface area contributed by atoms with Gasteiger partial charge in [-0.15, -0.1) is 0 Å². The van der Waals surface area contributed by atoms with Crippen molar-refractivity contribution in [2.75, 3.05) is 7.11 Å². The van der Waals surface area contributed by atoms with Gasteiger partial charge in [-0.05, 0) is 24.3 Å². The SMILES string of the molecule is COc1ccc(F)cc1-c1cnccc1C(=O)O. The minimum Gasteiger partial charge on any atom is -0.496 e. The Kier molecular flexibility index (Phi) is 3.23. The van der Waals surface area contributed by atoms with Crippen molar-refractivity contribution in [3.8, 4) is 16.9 Å². The lowest BCUT2D eigenvalue weighted by Gasteiger charge is -2.10. The van der Waals surface area contributed by atoms with E-state index in [-0.39, 0.29) is 5.56 Å². The summed E-state index contributed by atoms with van der Waals surface area (Å²) in [6.45, 7) is 0. The minimum atomic E-state index is -1.10. The normalized spacial score (nSPS) is 10.1. The topological polar surface area (TPSA) is 59.4 Å². The molecule has 1 aromatic heterocycles. The monoisotopic (exact) mass is 247 g/mol. The van der Waals surface area contributed by atoms with Crippen LogP contribution in [0, 0.1) is 5.82 Å². The number of carbonyl (C=O) groups is 1. The second-order valence-corrected chi connectivity index (χ2v) is 3.57. The molecular formula is C13H10FNO3. The number of hydrogen-bond donors (Lipinski definition) is 1. The van der Waals surface area contributed by atoms with Crippen molar-refractivity contribution in [2.24, 2.45) is 0 Å². The summed E-state index contributed by atoms with van der Waals surface area (Å²) in [5.41, 5.74) is 0.734. The molecule has 0 unspecified atom stereocenters. The van der Waals surface area contributed by atoms with E-state index >= 15 is 0 Å². The number of carboxylic acids is 1. The Bertz CT molecular complexity index is 599. The molecule has 0 aliphatic rings. The highest BCUT2D eigenvalue weighted by Crippen LogP contribution is 2.32. The first-order valence-corrected chi connectivity index (χ1v) is 5.14. The van der Waals surface area contributed by atoms with Crippen LogP contribution in [0.4, 0.5) is 4.39 Å². The average molecular weight is 247 g/mol. The largest absolute Gasteiger partial charge is 0.496 e. The summed E-state index contributed by atoms with van der Waals surface area (Å²) in [4.78, 5) is 15.0. The van der Waals surface area contributed by atoms with E-state index in [0.717, 1.165) is 0 Å². The third-order valence-corrected chi connectivity index (χ3v) is 2.50. The Morgan fingerprint density at radius 2 is 2.11 bits per heavy atom. The van der Waals surface area contributed by atoms with Gasteiger partial charge in [0.1, 0.15) is 11.6 Å². The average Bonchev–Trinajstić information content (AvgIpc) is 2.38. The van der Waals surface area contributed by atoms with E-state index in [9.17, 15) is 9.18 Å². The number of aromatic nitrogens is 1. The molecule has 5 heteroatoms. The molecule has 0 aliphatic heterocycles. The maximum atomic E-state index is 13.3. The van der Waals surface area contributed by atoms with E-state index in [0.29, 0.717) is 16.9 Å². The summed E-state index contributed by atoms with van der Waals surface area (Å²) in [6.07, 6.45) is 2.75. The van der Waals surface area contributed by atoms with Gasteiger partial charge in [-0.25, -0.2) is 9.18 Å². The van der Waals surface area contributed by atoms with Gasteiger partial charge < -0.3 is 9.84 Å². The summed E-state index contributed by atoms with van der Waals surface area (Å²) in [7, 11) is 1.44. The van der Waals surface area contributed by atoms with E-state index in [1.807, 2.05) is 0 Å². The molecule has 0 fully saturated rings. The number of aromatic carboxylic acids is 1. The number of carboxylic acid groups (broad SMARTS) is 1. The molecular weight excluding hydrogens is 237 g/mol. The third kappa shape index (κ3) is 2.15. The Hall–Kier alpha value is -2.43. The summed E-state index contributed by atoms with van der Waals surface area (Å²) in [6, 6.07) is 5.28. The van der Waals surface area contributed by atoms with Crippen LogP contribution in [0.25, 0.3) is 11.1 Å². The standard InChI is InChI=1S/C13H10FNO3/c1-18-12-3-2-8(14)6-10(12)11-7-15-5-4-9(11)13(16)17/h2-7H,1H3,(H,16,17). The van der Waals surface area contributed by atoms with Crippen molar-refractivity contribution in [2.45, 2.75) is 0 Å². The molecule has 0 atom stereocenters. The molecule has 92 valence electrons. The first-order valence-electron chi connectivity index (χ1n) is 5.14. The van der Waals surface area contributed by atoms with Crippen molar-refractivity contribution in [3.05, 3.63) is 48.0 Å². The Morgan fingerprint density at radius 1 is 1.33 bits per heavy atom. The predicted octanol–water partition coefficient (Wildman–Crippen LogP) is 2.59. The molecule has 2 aromatic rings. The maximum Gasteiger partial charge on any atom is 0.336 e. The second kappa shape index (κ2) is 4.83. The number of nitrogens with zero attached hydrogens (tertiary/aromatic N) is 1. The van der Waals surface area contributed by atoms with Crippen LogP contribution in [0.1, 0.15) is 10.4 Å². The first-order chi connectivity index (χ1) is 8.63. The molecule has 0 saturated heterocycles. The highest BCUT2D eigenvalue weighted by atomic mass is 19.1. The van der Waals surface area contributed by atoms with Crippen molar-refractivity contribution in [1.29, 1.82) is 0 Å². The Balaban J connectivity index is 2.68. The summed E-state index contributed by atoms with van der Waals surface area (Å²) in [5.74, 6) is -1.17. The second-order valence-electron chi connectivity index (χ2n) is 3.57. The van der Waals surface area contributed by atoms with Crippen molar-refractivity contribution >= 4 is 5.97 Å². The van der Waals surface area contributed by atoms with Gasteiger partial charge in [-0.3, -0.25) is 4.98 Å². The van der Waals surface area contributed by atoms with E-state index in [1.165, 1.54) is 43.8 Å². The molecule has 0 amide bonds. The molecule has 1 N–H and O–H groups in total. The van der Waals surface area contributed by atoms with Crippen LogP contribution < -0.4 is 4.74 Å². The number of pyridine rings is 1. The molecule has 2 rings (SSSR count). The van der Waals surface area contributed by atoms with Gasteiger partial charge in [0.15, 0.2) is 0 Å². The molecule has 1 heterocycles. The molecule has 0 spiro atoms. The minimum absolute atomic E-state index is 0.0499. The number of benzene rings is 1. The molecule has 0 aliphatic carbocycles. The number of halogens is 1. The Labute approximate surface area is 103 Å². The van der Waals surface area contributed by atoms with Crippen LogP contribution in [0.3, 0.4) is 0 Å². The predicted molar refractivity (Wildman–Crippen MR) is 63.1 cm³/mol. The Morgan fingerprint density at radius 3 is 2.78 bits per heavy atom. The van der Waals surface area contributed by atoms with Gasteiger partial charge in [-0.2, -0.15) is 0 Å². The van der Waals surface area contributed by atoms with Crippen LogP contribution in [0.5, 0.6) is 5.75 Å². The zero-order chi connectivity index (χ0) is 13.1. The zero-order valence-corrected chi connectivity index (χ0v) is 9.55. The fourth-order valence-electron chi connectivity index (χ4n) is 1.69. The van der Waals surface area contributed by atoms with Crippen molar-refractivity contribution in [3.63, 3.8) is 0 Å². The van der Waals surface area contributed by atoms with Gasteiger partial charge in [0.2, 0.25) is 0 Å². The zero-order valence-electron chi connectivity index (χ0n) is 9.55. The number of methoxy groups -OCH3 is 1. The smallest absolute Gasteiger partial charge is 0.336 e. The van der Waals surface area contributed by atoms with Crippen LogP contribution in [-0.2, 0) is 0 Å². The van der Waals surface area contributed by atoms with E-state index < -0.39 is 11.8 Å². The van der Waals surface area contributed by atoms with E-state index in [2.05, 4.69) is 4.98 Å². The molecule has 0 radical (unpaired) electrons. The summed E-state index contributed by atoms with van der Waals surface area (Å²) in [5, 5.41) is 9.10. The van der Waals surface area contributed by atoms with Crippen LogP contribution in [-0.4, -0.2) is 23.2 Å². The van der Waals surface area contributed by atoms with Crippen LogP contribution in [0.15, 0.2) is 36.7 Å². The molecule has 0 bridgehead atoms. The van der Waals surface area contributed by atoms with Crippen LogP contribution >= 0.6 is 0 Å². The van der Waals surface area contributed by atoms with Gasteiger partial charge in [0.05, 0.1) is 12.7 Å². The van der Waals surface area contributed by atoms with E-state index in [1.54, 1.807) is 0 Å². The number of hydrogen-bond acceptors (Lipinski definition) is 3. The summed E-state index contributed by atoms with van der Waals surface area (Å²) < 4.78 is 18.4. The lowest BCUT2D eigenvalue weighted by molar-refractivity contribution is 0.0697. The van der Waals surface area contributed by atoms with Crippen molar-refractivity contribution in [1.82, 2.24) is 4.98 Å². The van der Waals surface area contributed by atoms with Gasteiger partial charge in [0.25, 0.3) is 0 Å². The lowest BCUT2D eigenvalue weighted by atomic mass is 10.0. The number of ether oxygens (including phenoxy) is 1. The quantitative estimate of drug-likeness (QED) is 0.905. The molecule has 18 heavy (non-hydrogen) atoms. The van der Waals surface area contributed by atoms with E-state index in [4.69, 9.17) is 9.84 Å². The fourth-order valence-corrected chi connectivity index (χ4v) is 1.69. The van der Waals surface area contributed by atoms with Gasteiger partial charge in [0, 0.05) is 23.5 Å². The molecule has 4 nitrogen and oxygen atoms in total. The van der Waals surface area contributed by atoms with Gasteiger partial charge in [-0.1, -0.05) is 0 Å². The summed E-state index contributed by atoms with van der Waals surface area (Å²) >= 11 is 0.